The molecule has 0 saturated carbocycles. The standard InChI is InChI=1S/C22H18F4N4O/c1-21(2,3)18-11-19(30(29-18)15-7-4-13(12-27)5-8-15)28-20(31)16-9-6-14(10-17(16)23)22(24,25)26/h4-11H,1-3H3,(H,28,31). The lowest BCUT2D eigenvalue weighted by atomic mass is 9.92. The lowest BCUT2D eigenvalue weighted by Crippen LogP contribution is -2.17. The molecule has 0 aliphatic heterocycles. The van der Waals surface area contributed by atoms with Crippen LogP contribution in [0.4, 0.5) is 23.4 Å². The number of hydrogen-bond acceptors (Lipinski definition) is 3. The Bertz CT molecular complexity index is 1170. The Balaban J connectivity index is 1.99. The smallest absolute Gasteiger partial charge is 0.306 e. The summed E-state index contributed by atoms with van der Waals surface area (Å²) in [4.78, 5) is 12.6. The molecule has 1 N–H and O–H groups in total. The van der Waals surface area contributed by atoms with Crippen LogP contribution in [-0.2, 0) is 11.6 Å². The van der Waals surface area contributed by atoms with Gasteiger partial charge >= 0.3 is 6.18 Å². The van der Waals surface area contributed by atoms with Crippen LogP contribution in [-0.4, -0.2) is 15.7 Å². The Labute approximate surface area is 175 Å². The second-order valence-corrected chi connectivity index (χ2v) is 7.88. The van der Waals surface area contributed by atoms with E-state index in [9.17, 15) is 22.4 Å². The second-order valence-electron chi connectivity index (χ2n) is 7.88. The summed E-state index contributed by atoms with van der Waals surface area (Å²) in [6, 6.07) is 11.8. The van der Waals surface area contributed by atoms with E-state index in [4.69, 9.17) is 5.26 Å². The van der Waals surface area contributed by atoms with E-state index in [0.29, 0.717) is 23.0 Å². The molecule has 1 aromatic heterocycles. The van der Waals surface area contributed by atoms with Crippen molar-refractivity contribution < 1.29 is 22.4 Å². The molecule has 0 unspecified atom stereocenters. The molecular formula is C22H18F4N4O. The lowest BCUT2D eigenvalue weighted by Gasteiger charge is -2.14. The van der Waals surface area contributed by atoms with Crippen molar-refractivity contribution in [2.24, 2.45) is 0 Å². The van der Waals surface area contributed by atoms with Crippen LogP contribution in [0.3, 0.4) is 0 Å². The van der Waals surface area contributed by atoms with Gasteiger partial charge in [0.1, 0.15) is 11.6 Å². The van der Waals surface area contributed by atoms with Gasteiger partial charge in [0.2, 0.25) is 0 Å². The molecule has 160 valence electrons. The number of anilines is 1. The third-order valence-corrected chi connectivity index (χ3v) is 4.50. The first-order valence-electron chi connectivity index (χ1n) is 9.19. The summed E-state index contributed by atoms with van der Waals surface area (Å²) < 4.78 is 53.9. The number of benzene rings is 2. The number of hydrogen-bond donors (Lipinski definition) is 1. The summed E-state index contributed by atoms with van der Waals surface area (Å²) in [6.07, 6.45) is -4.72. The van der Waals surface area contributed by atoms with Gasteiger partial charge in [0, 0.05) is 11.5 Å². The third-order valence-electron chi connectivity index (χ3n) is 4.50. The molecule has 0 atom stereocenters. The maximum atomic E-state index is 14.2. The molecule has 9 heteroatoms. The lowest BCUT2D eigenvalue weighted by molar-refractivity contribution is -0.137. The molecule has 0 radical (unpaired) electrons. The summed E-state index contributed by atoms with van der Waals surface area (Å²) in [5.41, 5.74) is -0.490. The van der Waals surface area contributed by atoms with E-state index in [2.05, 4.69) is 10.4 Å². The Morgan fingerprint density at radius 1 is 1.06 bits per heavy atom. The number of alkyl halides is 3. The van der Waals surface area contributed by atoms with Crippen LogP contribution in [0.2, 0.25) is 0 Å². The zero-order valence-electron chi connectivity index (χ0n) is 16.9. The average Bonchev–Trinajstić information content (AvgIpc) is 3.11. The number of nitrogens with one attached hydrogen (secondary N) is 1. The Kier molecular flexibility index (Phi) is 5.59. The van der Waals surface area contributed by atoms with Crippen molar-refractivity contribution in [3.05, 3.63) is 76.7 Å². The fourth-order valence-electron chi connectivity index (χ4n) is 2.77. The van der Waals surface area contributed by atoms with Gasteiger partial charge in [-0.1, -0.05) is 20.8 Å². The Morgan fingerprint density at radius 2 is 1.71 bits per heavy atom. The summed E-state index contributed by atoms with van der Waals surface area (Å²) in [6.45, 7) is 5.75. The Morgan fingerprint density at radius 3 is 2.23 bits per heavy atom. The van der Waals surface area contributed by atoms with Gasteiger partial charge in [0.05, 0.1) is 34.1 Å². The van der Waals surface area contributed by atoms with Crippen molar-refractivity contribution in [1.82, 2.24) is 9.78 Å². The van der Waals surface area contributed by atoms with Crippen LogP contribution >= 0.6 is 0 Å². The highest BCUT2D eigenvalue weighted by Crippen LogP contribution is 2.31. The van der Waals surface area contributed by atoms with E-state index in [1.54, 1.807) is 30.3 Å². The van der Waals surface area contributed by atoms with E-state index < -0.39 is 29.0 Å². The molecule has 1 amide bonds. The molecule has 0 fully saturated rings. The summed E-state index contributed by atoms with van der Waals surface area (Å²) >= 11 is 0. The molecule has 0 aliphatic rings. The van der Waals surface area contributed by atoms with Crippen LogP contribution in [0, 0.1) is 17.1 Å². The minimum absolute atomic E-state index is 0.207. The average molecular weight is 430 g/mol. The highest BCUT2D eigenvalue weighted by molar-refractivity contribution is 6.04. The molecule has 0 aliphatic carbocycles. The number of nitrogens with zero attached hydrogens (tertiary/aromatic N) is 3. The molecule has 2 aromatic carbocycles. The topological polar surface area (TPSA) is 70.7 Å². The summed E-state index contributed by atoms with van der Waals surface area (Å²) in [5, 5.41) is 16.0. The molecule has 1 heterocycles. The fourth-order valence-corrected chi connectivity index (χ4v) is 2.77. The van der Waals surface area contributed by atoms with E-state index in [1.165, 1.54) is 4.68 Å². The van der Waals surface area contributed by atoms with Crippen molar-refractivity contribution >= 4 is 11.7 Å². The molecule has 0 bridgehead atoms. The second kappa shape index (κ2) is 7.87. The maximum absolute atomic E-state index is 14.2. The zero-order valence-corrected chi connectivity index (χ0v) is 16.9. The van der Waals surface area contributed by atoms with E-state index in [0.717, 1.165) is 6.07 Å². The minimum atomic E-state index is -4.72. The van der Waals surface area contributed by atoms with Crippen molar-refractivity contribution in [1.29, 1.82) is 5.26 Å². The van der Waals surface area contributed by atoms with Crippen molar-refractivity contribution in [3.63, 3.8) is 0 Å². The van der Waals surface area contributed by atoms with Crippen molar-refractivity contribution in [2.75, 3.05) is 5.32 Å². The van der Waals surface area contributed by atoms with E-state index >= 15 is 0 Å². The van der Waals surface area contributed by atoms with Gasteiger partial charge in [-0.2, -0.15) is 23.5 Å². The highest BCUT2D eigenvalue weighted by Gasteiger charge is 2.32. The normalized spacial score (nSPS) is 11.8. The molecule has 5 nitrogen and oxygen atoms in total. The Hall–Kier alpha value is -3.67. The summed E-state index contributed by atoms with van der Waals surface area (Å²) in [5.74, 6) is -1.99. The van der Waals surface area contributed by atoms with Crippen LogP contribution in [0.15, 0.2) is 48.5 Å². The molecule has 3 rings (SSSR count). The number of amides is 1. The minimum Gasteiger partial charge on any atom is -0.306 e. The molecule has 31 heavy (non-hydrogen) atoms. The number of carbonyl (C=O) groups excluding carboxylic acids is 1. The van der Waals surface area contributed by atoms with Crippen LogP contribution in [0.5, 0.6) is 0 Å². The molecule has 0 spiro atoms. The predicted molar refractivity (Wildman–Crippen MR) is 106 cm³/mol. The largest absolute Gasteiger partial charge is 0.416 e. The number of aromatic nitrogens is 2. The van der Waals surface area contributed by atoms with Gasteiger partial charge in [-0.15, -0.1) is 0 Å². The van der Waals surface area contributed by atoms with Crippen molar-refractivity contribution in [2.45, 2.75) is 32.4 Å². The molecule has 0 saturated heterocycles. The number of halogens is 4. The highest BCUT2D eigenvalue weighted by atomic mass is 19.4. The summed E-state index contributed by atoms with van der Waals surface area (Å²) in [7, 11) is 0. The SMILES string of the molecule is CC(C)(C)c1cc(NC(=O)c2ccc(C(F)(F)F)cc2F)n(-c2ccc(C#N)cc2)n1. The van der Waals surface area contributed by atoms with Crippen molar-refractivity contribution in [3.8, 4) is 11.8 Å². The van der Waals surface area contributed by atoms with Gasteiger partial charge in [-0.3, -0.25) is 4.79 Å². The van der Waals surface area contributed by atoms with E-state index in [1.807, 2.05) is 26.8 Å². The fraction of sp³-hybridized carbons (Fsp3) is 0.227. The van der Waals surface area contributed by atoms with Gasteiger partial charge in [0.15, 0.2) is 0 Å². The third kappa shape index (κ3) is 4.74. The van der Waals surface area contributed by atoms with Gasteiger partial charge in [-0.25, -0.2) is 9.07 Å². The molecule has 3 aromatic rings. The maximum Gasteiger partial charge on any atom is 0.416 e. The van der Waals surface area contributed by atoms with Gasteiger partial charge in [-0.05, 0) is 42.5 Å². The first-order valence-corrected chi connectivity index (χ1v) is 9.19. The first-order chi connectivity index (χ1) is 14.4. The predicted octanol–water partition coefficient (Wildman–Crippen LogP) is 5.45. The first kappa shape index (κ1) is 22.0. The van der Waals surface area contributed by atoms with Crippen LogP contribution in [0.25, 0.3) is 5.69 Å². The molecular weight excluding hydrogens is 412 g/mol. The van der Waals surface area contributed by atoms with Crippen LogP contribution in [0.1, 0.15) is 48.0 Å². The number of nitriles is 1. The number of rotatable bonds is 3. The monoisotopic (exact) mass is 430 g/mol. The quantitative estimate of drug-likeness (QED) is 0.562. The van der Waals surface area contributed by atoms with E-state index in [-0.39, 0.29) is 17.3 Å². The van der Waals surface area contributed by atoms with Gasteiger partial charge < -0.3 is 5.32 Å². The van der Waals surface area contributed by atoms with Crippen LogP contribution < -0.4 is 5.32 Å². The number of carbonyl (C=O) groups is 1. The van der Waals surface area contributed by atoms with Gasteiger partial charge in [0.25, 0.3) is 5.91 Å². The zero-order chi connectivity index (χ0) is 23.0.